The van der Waals surface area contributed by atoms with E-state index in [9.17, 15) is 12.3 Å². The van der Waals surface area contributed by atoms with E-state index in [4.69, 9.17) is 0 Å². The maximum absolute atomic E-state index is 16.3. The van der Waals surface area contributed by atoms with E-state index in [1.807, 2.05) is 0 Å². The van der Waals surface area contributed by atoms with Gasteiger partial charge in [0.1, 0.15) is 0 Å². The fourth-order valence-electron chi connectivity index (χ4n) is 2.72. The highest BCUT2D eigenvalue weighted by molar-refractivity contribution is 7.06. The Hall–Kier alpha value is -2.19. The lowest BCUT2D eigenvalue weighted by Crippen LogP contribution is -2.64. The Morgan fingerprint density at radius 3 is 1.12 bits per heavy atom. The van der Waals surface area contributed by atoms with Gasteiger partial charge >= 0.3 is 17.5 Å². The summed E-state index contributed by atoms with van der Waals surface area (Å²) < 4.78 is 55.0. The summed E-state index contributed by atoms with van der Waals surface area (Å²) in [6.07, 6.45) is 0. The van der Waals surface area contributed by atoms with E-state index in [0.717, 1.165) is 12.1 Å². The second-order valence-corrected chi connectivity index (χ2v) is 10.1. The summed E-state index contributed by atoms with van der Waals surface area (Å²) in [5, 5.41) is 0.729. The molecule has 3 rings (SSSR count). The van der Waals surface area contributed by atoms with Gasteiger partial charge in [-0.2, -0.15) is 0 Å². The van der Waals surface area contributed by atoms with Crippen LogP contribution in [-0.4, -0.2) is 17.5 Å². The van der Waals surface area contributed by atoms with Gasteiger partial charge in [-0.15, -0.1) is 0 Å². The molecule has 0 aliphatic carbocycles. The standard InChI is InChI=1S/C18H14F4Si2/c19-23(15-7-3-1-4-8-15,16-9-5-2-6-10-16)17-11-13-18(14-12-17)24(20,21)22/h1-14H. The molecule has 0 aliphatic rings. The third-order valence-corrected chi connectivity index (χ3v) is 8.33. The summed E-state index contributed by atoms with van der Waals surface area (Å²) in [4.78, 5) is 0. The van der Waals surface area contributed by atoms with Gasteiger partial charge in [0.15, 0.2) is 0 Å². The summed E-state index contributed by atoms with van der Waals surface area (Å²) in [6.45, 7) is 0. The van der Waals surface area contributed by atoms with Crippen LogP contribution >= 0.6 is 0 Å². The quantitative estimate of drug-likeness (QED) is 0.290. The predicted molar refractivity (Wildman–Crippen MR) is 93.8 cm³/mol. The number of hydrogen-bond donors (Lipinski definition) is 0. The van der Waals surface area contributed by atoms with Crippen molar-refractivity contribution in [2.75, 3.05) is 0 Å². The molecule has 0 N–H and O–H groups in total. The number of benzene rings is 3. The van der Waals surface area contributed by atoms with Crippen LogP contribution in [0.5, 0.6) is 0 Å². The Kier molecular flexibility index (Phi) is 4.42. The van der Waals surface area contributed by atoms with Gasteiger partial charge in [0, 0.05) is 5.19 Å². The van der Waals surface area contributed by atoms with Gasteiger partial charge in [0.2, 0.25) is 0 Å². The van der Waals surface area contributed by atoms with Gasteiger partial charge in [-0.25, -0.2) is 12.3 Å². The molecule has 0 heterocycles. The molecule has 6 heteroatoms. The molecule has 122 valence electrons. The molecule has 3 aromatic rings. The second-order valence-electron chi connectivity index (χ2n) is 5.47. The molecule has 0 saturated heterocycles. The summed E-state index contributed by atoms with van der Waals surface area (Å²) in [6, 6.07) is 22.0. The minimum Gasteiger partial charge on any atom is -0.296 e. The van der Waals surface area contributed by atoms with Crippen LogP contribution in [0.4, 0.5) is 16.4 Å². The van der Waals surface area contributed by atoms with E-state index in [2.05, 4.69) is 0 Å². The van der Waals surface area contributed by atoms with Crippen molar-refractivity contribution >= 4 is 38.2 Å². The minimum atomic E-state index is -5.88. The van der Waals surface area contributed by atoms with E-state index >= 15 is 4.11 Å². The Labute approximate surface area is 140 Å². The topological polar surface area (TPSA) is 0 Å². The molecule has 0 spiro atoms. The minimum absolute atomic E-state index is 0.321. The fraction of sp³-hybridized carbons (Fsp3) is 0. The monoisotopic (exact) mass is 362 g/mol. The Bertz CT molecular complexity index is 760. The molecule has 0 unspecified atom stereocenters. The van der Waals surface area contributed by atoms with Crippen molar-refractivity contribution in [3.05, 3.63) is 84.9 Å². The van der Waals surface area contributed by atoms with E-state index in [1.165, 1.54) is 12.1 Å². The molecule has 0 radical (unpaired) electrons. The largest absolute Gasteiger partial charge is 0.653 e. The summed E-state index contributed by atoms with van der Waals surface area (Å²) >= 11 is 0. The number of hydrogen-bond acceptors (Lipinski definition) is 0. The molecule has 0 aliphatic heterocycles. The smallest absolute Gasteiger partial charge is 0.296 e. The molecular weight excluding hydrogens is 348 g/mol. The first kappa shape index (κ1) is 16.7. The maximum atomic E-state index is 16.3. The fourth-order valence-corrected chi connectivity index (χ4v) is 6.20. The molecule has 0 atom stereocenters. The average Bonchev–Trinajstić information content (AvgIpc) is 2.62. The Morgan fingerprint density at radius 1 is 0.417 bits per heavy atom. The van der Waals surface area contributed by atoms with E-state index < -0.39 is 22.7 Å². The van der Waals surface area contributed by atoms with Gasteiger partial charge in [0.25, 0.3) is 0 Å². The van der Waals surface area contributed by atoms with Crippen LogP contribution in [0.3, 0.4) is 0 Å². The van der Waals surface area contributed by atoms with Crippen molar-refractivity contribution in [2.24, 2.45) is 0 Å². The van der Waals surface area contributed by atoms with Crippen molar-refractivity contribution < 1.29 is 16.4 Å². The first-order chi connectivity index (χ1) is 11.4. The zero-order valence-corrected chi connectivity index (χ0v) is 14.6. The normalized spacial score (nSPS) is 12.2. The average molecular weight is 362 g/mol. The zero-order valence-electron chi connectivity index (χ0n) is 12.6. The van der Waals surface area contributed by atoms with Gasteiger partial charge in [-0.3, -0.25) is 4.11 Å². The van der Waals surface area contributed by atoms with E-state index in [1.54, 1.807) is 60.7 Å². The lowest BCUT2D eigenvalue weighted by atomic mass is 10.3. The van der Waals surface area contributed by atoms with Crippen LogP contribution in [0.15, 0.2) is 84.9 Å². The van der Waals surface area contributed by atoms with Crippen LogP contribution in [0.2, 0.25) is 0 Å². The van der Waals surface area contributed by atoms with Crippen molar-refractivity contribution in [1.29, 1.82) is 0 Å². The van der Waals surface area contributed by atoms with Crippen molar-refractivity contribution in [2.45, 2.75) is 0 Å². The number of rotatable bonds is 4. The highest BCUT2D eigenvalue weighted by Gasteiger charge is 2.43. The summed E-state index contributed by atoms with van der Waals surface area (Å²) in [7, 11) is -9.69. The van der Waals surface area contributed by atoms with E-state index in [0.29, 0.717) is 15.6 Å². The SMILES string of the molecule is F[Si](F)(F)c1ccc([Si](F)(c2ccccc2)c2ccccc2)cc1. The van der Waals surface area contributed by atoms with Crippen LogP contribution in [0.25, 0.3) is 0 Å². The molecular formula is C18H14F4Si2. The molecule has 24 heavy (non-hydrogen) atoms. The second kappa shape index (κ2) is 6.37. The van der Waals surface area contributed by atoms with Crippen LogP contribution in [0.1, 0.15) is 0 Å². The first-order valence-corrected chi connectivity index (χ1v) is 10.9. The predicted octanol–water partition coefficient (Wildman–Crippen LogP) is 2.68. The van der Waals surface area contributed by atoms with Gasteiger partial charge in [0.05, 0.1) is 0 Å². The molecule has 0 saturated carbocycles. The lowest BCUT2D eigenvalue weighted by Gasteiger charge is -2.24. The molecule has 0 aromatic heterocycles. The first-order valence-electron chi connectivity index (χ1n) is 7.40. The van der Waals surface area contributed by atoms with Crippen molar-refractivity contribution in [3.63, 3.8) is 0 Å². The molecule has 0 amide bonds. The molecule has 3 aromatic carbocycles. The van der Waals surface area contributed by atoms with Crippen LogP contribution in [0, 0.1) is 0 Å². The van der Waals surface area contributed by atoms with Gasteiger partial charge in [-0.1, -0.05) is 84.9 Å². The highest BCUT2D eigenvalue weighted by atomic mass is 28.5. The third kappa shape index (κ3) is 3.07. The van der Waals surface area contributed by atoms with Crippen molar-refractivity contribution in [1.82, 2.24) is 0 Å². The lowest BCUT2D eigenvalue weighted by molar-refractivity contribution is 0.501. The Balaban J connectivity index is 2.16. The van der Waals surface area contributed by atoms with Gasteiger partial charge in [-0.05, 0) is 15.6 Å². The Morgan fingerprint density at radius 2 is 0.750 bits per heavy atom. The van der Waals surface area contributed by atoms with Crippen LogP contribution in [-0.2, 0) is 0 Å². The summed E-state index contributed by atoms with van der Waals surface area (Å²) in [5.74, 6) is 0. The highest BCUT2D eigenvalue weighted by Crippen LogP contribution is 2.11. The maximum Gasteiger partial charge on any atom is 0.653 e. The number of halogens is 4. The third-order valence-electron chi connectivity index (χ3n) is 3.95. The zero-order chi connectivity index (χ0) is 17.2. The van der Waals surface area contributed by atoms with Crippen molar-refractivity contribution in [3.8, 4) is 0 Å². The molecule has 0 bridgehead atoms. The molecule has 0 fully saturated rings. The van der Waals surface area contributed by atoms with E-state index in [-0.39, 0.29) is 0 Å². The summed E-state index contributed by atoms with van der Waals surface area (Å²) in [5.41, 5.74) is 0. The molecule has 0 nitrogen and oxygen atoms in total. The van der Waals surface area contributed by atoms with Crippen LogP contribution < -0.4 is 20.7 Å². The van der Waals surface area contributed by atoms with Gasteiger partial charge < -0.3 is 0 Å².